The Labute approximate surface area is 158 Å². The number of hydrogen-bond acceptors (Lipinski definition) is 4. The number of carbonyl (C=O) groups is 3. The van der Waals surface area contributed by atoms with Crippen molar-refractivity contribution in [1.82, 2.24) is 4.90 Å². The fourth-order valence-electron chi connectivity index (χ4n) is 2.54. The average Bonchev–Trinajstić information content (AvgIpc) is 2.63. The van der Waals surface area contributed by atoms with Crippen LogP contribution in [0.4, 0.5) is 5.69 Å². The van der Waals surface area contributed by atoms with Gasteiger partial charge in [-0.25, -0.2) is 0 Å². The highest BCUT2D eigenvalue weighted by Crippen LogP contribution is 2.19. The lowest BCUT2D eigenvalue weighted by atomic mass is 10.1. The van der Waals surface area contributed by atoms with E-state index in [1.807, 2.05) is 32.0 Å². The van der Waals surface area contributed by atoms with E-state index in [9.17, 15) is 14.4 Å². The van der Waals surface area contributed by atoms with Crippen molar-refractivity contribution in [3.8, 4) is 5.75 Å². The van der Waals surface area contributed by atoms with Gasteiger partial charge in [0.25, 0.3) is 11.8 Å². The van der Waals surface area contributed by atoms with E-state index in [2.05, 4.69) is 5.32 Å². The van der Waals surface area contributed by atoms with Gasteiger partial charge in [-0.3, -0.25) is 14.4 Å². The lowest BCUT2D eigenvalue weighted by molar-refractivity contribution is -0.135. The van der Waals surface area contributed by atoms with Gasteiger partial charge in [-0.1, -0.05) is 30.3 Å². The van der Waals surface area contributed by atoms with Crippen molar-refractivity contribution in [3.05, 3.63) is 59.2 Å². The molecule has 0 aliphatic heterocycles. The van der Waals surface area contributed by atoms with Gasteiger partial charge in [0.1, 0.15) is 5.75 Å². The standard InChI is InChI=1S/C20H23N3O4/c1-13-7-6-8-14(2)19(13)22-17(24)11-23(3)18(25)12-27-16-10-5-4-9-15(16)20(21)26/h4-10H,11-12H2,1-3H3,(H2,21,26)(H,22,24). The predicted octanol–water partition coefficient (Wildman–Crippen LogP) is 1.88. The number of likely N-dealkylation sites (N-methyl/N-ethyl adjacent to an activating group) is 1. The molecule has 142 valence electrons. The van der Waals surface area contributed by atoms with Crippen molar-refractivity contribution in [2.24, 2.45) is 5.73 Å². The molecule has 3 N–H and O–H groups in total. The Morgan fingerprint density at radius 2 is 1.67 bits per heavy atom. The minimum absolute atomic E-state index is 0.118. The summed E-state index contributed by atoms with van der Waals surface area (Å²) < 4.78 is 5.40. The summed E-state index contributed by atoms with van der Waals surface area (Å²) in [5.41, 5.74) is 8.11. The van der Waals surface area contributed by atoms with Crippen molar-refractivity contribution in [2.75, 3.05) is 25.5 Å². The van der Waals surface area contributed by atoms with E-state index in [0.29, 0.717) is 0 Å². The summed E-state index contributed by atoms with van der Waals surface area (Å²) in [6.07, 6.45) is 0. The van der Waals surface area contributed by atoms with Crippen LogP contribution in [0, 0.1) is 13.8 Å². The van der Waals surface area contributed by atoms with Crippen LogP contribution < -0.4 is 15.8 Å². The van der Waals surface area contributed by atoms with Gasteiger partial charge in [0.15, 0.2) is 6.61 Å². The molecule has 0 aliphatic carbocycles. The minimum atomic E-state index is -0.639. The monoisotopic (exact) mass is 369 g/mol. The molecule has 0 saturated carbocycles. The number of benzene rings is 2. The van der Waals surface area contributed by atoms with Gasteiger partial charge in [-0.2, -0.15) is 0 Å². The molecule has 0 bridgehead atoms. The van der Waals surface area contributed by atoms with Crippen molar-refractivity contribution >= 4 is 23.4 Å². The van der Waals surface area contributed by atoms with Crippen LogP contribution in [0.5, 0.6) is 5.75 Å². The number of nitrogens with zero attached hydrogens (tertiary/aromatic N) is 1. The highest BCUT2D eigenvalue weighted by molar-refractivity contribution is 5.96. The number of ether oxygens (including phenoxy) is 1. The quantitative estimate of drug-likeness (QED) is 0.778. The molecule has 0 spiro atoms. The molecule has 0 unspecified atom stereocenters. The zero-order valence-electron chi connectivity index (χ0n) is 15.6. The molecular formula is C20H23N3O4. The summed E-state index contributed by atoms with van der Waals surface area (Å²) in [7, 11) is 1.51. The Balaban J connectivity index is 1.92. The fourth-order valence-corrected chi connectivity index (χ4v) is 2.54. The van der Waals surface area contributed by atoms with Crippen molar-refractivity contribution < 1.29 is 19.1 Å². The number of hydrogen-bond donors (Lipinski definition) is 2. The van der Waals surface area contributed by atoms with Crippen LogP contribution in [-0.2, 0) is 9.59 Å². The second kappa shape index (κ2) is 8.84. The van der Waals surface area contributed by atoms with E-state index < -0.39 is 11.8 Å². The van der Waals surface area contributed by atoms with E-state index in [1.54, 1.807) is 18.2 Å². The van der Waals surface area contributed by atoms with E-state index in [0.717, 1.165) is 16.8 Å². The van der Waals surface area contributed by atoms with E-state index in [1.165, 1.54) is 18.0 Å². The summed E-state index contributed by atoms with van der Waals surface area (Å²) in [6, 6.07) is 12.1. The second-order valence-electron chi connectivity index (χ2n) is 6.21. The fraction of sp³-hybridized carbons (Fsp3) is 0.250. The SMILES string of the molecule is Cc1cccc(C)c1NC(=O)CN(C)C(=O)COc1ccccc1C(N)=O. The normalized spacial score (nSPS) is 10.2. The topological polar surface area (TPSA) is 102 Å². The smallest absolute Gasteiger partial charge is 0.260 e. The number of amides is 3. The number of anilines is 1. The summed E-state index contributed by atoms with van der Waals surface area (Å²) in [5, 5.41) is 2.83. The third-order valence-electron chi connectivity index (χ3n) is 4.06. The van der Waals surface area contributed by atoms with Gasteiger partial charge in [0.05, 0.1) is 12.1 Å². The molecule has 0 saturated heterocycles. The van der Waals surface area contributed by atoms with E-state index in [4.69, 9.17) is 10.5 Å². The first-order valence-electron chi connectivity index (χ1n) is 8.41. The van der Waals surface area contributed by atoms with Crippen molar-refractivity contribution in [2.45, 2.75) is 13.8 Å². The van der Waals surface area contributed by atoms with Crippen molar-refractivity contribution in [1.29, 1.82) is 0 Å². The highest BCUT2D eigenvalue weighted by atomic mass is 16.5. The molecule has 2 aromatic rings. The molecule has 0 heterocycles. The van der Waals surface area contributed by atoms with Crippen LogP contribution in [-0.4, -0.2) is 42.8 Å². The maximum atomic E-state index is 12.2. The Morgan fingerprint density at radius 3 is 2.30 bits per heavy atom. The molecule has 0 fully saturated rings. The Kier molecular flexibility index (Phi) is 6.54. The third-order valence-corrected chi connectivity index (χ3v) is 4.06. The van der Waals surface area contributed by atoms with Gasteiger partial charge >= 0.3 is 0 Å². The number of aryl methyl sites for hydroxylation is 2. The van der Waals surface area contributed by atoms with Gasteiger partial charge in [-0.15, -0.1) is 0 Å². The van der Waals surface area contributed by atoms with Crippen LogP contribution in [0.2, 0.25) is 0 Å². The Bertz CT molecular complexity index is 844. The van der Waals surface area contributed by atoms with E-state index in [-0.39, 0.29) is 30.4 Å². The number of para-hydroxylation sites is 2. The number of nitrogens with one attached hydrogen (secondary N) is 1. The van der Waals surface area contributed by atoms with Gasteiger partial charge in [0, 0.05) is 12.7 Å². The first-order chi connectivity index (χ1) is 12.8. The van der Waals surface area contributed by atoms with Crippen LogP contribution in [0.3, 0.4) is 0 Å². The molecule has 0 radical (unpaired) electrons. The Hall–Kier alpha value is -3.35. The van der Waals surface area contributed by atoms with Crippen LogP contribution in [0.15, 0.2) is 42.5 Å². The average molecular weight is 369 g/mol. The zero-order chi connectivity index (χ0) is 20.0. The molecule has 7 heteroatoms. The van der Waals surface area contributed by atoms with Gasteiger partial charge in [-0.05, 0) is 37.1 Å². The van der Waals surface area contributed by atoms with Gasteiger partial charge < -0.3 is 20.7 Å². The largest absolute Gasteiger partial charge is 0.483 e. The molecule has 7 nitrogen and oxygen atoms in total. The summed E-state index contributed by atoms with van der Waals surface area (Å²) in [4.78, 5) is 37.1. The molecule has 0 atom stereocenters. The third kappa shape index (κ3) is 5.31. The lowest BCUT2D eigenvalue weighted by Crippen LogP contribution is -2.38. The maximum Gasteiger partial charge on any atom is 0.260 e. The van der Waals surface area contributed by atoms with E-state index >= 15 is 0 Å². The first kappa shape index (κ1) is 20.0. The molecule has 2 rings (SSSR count). The molecule has 0 aliphatic rings. The molecule has 2 aromatic carbocycles. The van der Waals surface area contributed by atoms with Gasteiger partial charge in [0.2, 0.25) is 5.91 Å². The molecule has 3 amide bonds. The Morgan fingerprint density at radius 1 is 1.04 bits per heavy atom. The van der Waals surface area contributed by atoms with Crippen LogP contribution >= 0.6 is 0 Å². The first-order valence-corrected chi connectivity index (χ1v) is 8.41. The number of nitrogens with two attached hydrogens (primary N) is 1. The highest BCUT2D eigenvalue weighted by Gasteiger charge is 2.16. The van der Waals surface area contributed by atoms with Crippen LogP contribution in [0.25, 0.3) is 0 Å². The summed E-state index contributed by atoms with van der Waals surface area (Å²) in [5.74, 6) is -1.11. The molecular weight excluding hydrogens is 346 g/mol. The lowest BCUT2D eigenvalue weighted by Gasteiger charge is -2.18. The minimum Gasteiger partial charge on any atom is -0.483 e. The number of rotatable bonds is 7. The second-order valence-corrected chi connectivity index (χ2v) is 6.21. The maximum absolute atomic E-state index is 12.2. The van der Waals surface area contributed by atoms with Crippen molar-refractivity contribution in [3.63, 3.8) is 0 Å². The summed E-state index contributed by atoms with van der Waals surface area (Å²) >= 11 is 0. The molecule has 0 aromatic heterocycles. The number of primary amides is 1. The zero-order valence-corrected chi connectivity index (χ0v) is 15.6. The van der Waals surface area contributed by atoms with Crippen LogP contribution in [0.1, 0.15) is 21.5 Å². The number of carbonyl (C=O) groups excluding carboxylic acids is 3. The summed E-state index contributed by atoms with van der Waals surface area (Å²) in [6.45, 7) is 3.38. The molecule has 27 heavy (non-hydrogen) atoms. The predicted molar refractivity (Wildman–Crippen MR) is 103 cm³/mol.